The van der Waals surface area contributed by atoms with Gasteiger partial charge in [0.25, 0.3) is 5.56 Å². The molecule has 3 aromatic carbocycles. The highest BCUT2D eigenvalue weighted by Crippen LogP contribution is 2.39. The molecule has 0 amide bonds. The summed E-state index contributed by atoms with van der Waals surface area (Å²) >= 11 is 0. The molecule has 27 heavy (non-hydrogen) atoms. The molecule has 0 atom stereocenters. The molecule has 0 radical (unpaired) electrons. The molecule has 0 unspecified atom stereocenters. The Hall–Kier alpha value is -3.66. The first-order valence-electron chi connectivity index (χ1n) is 8.72. The summed E-state index contributed by atoms with van der Waals surface area (Å²) in [6, 6.07) is 23.0. The molecule has 0 saturated carbocycles. The number of ether oxygens (including phenoxy) is 1. The van der Waals surface area contributed by atoms with Crippen LogP contribution in [-0.2, 0) is 4.79 Å². The second-order valence-electron chi connectivity index (χ2n) is 6.52. The largest absolute Gasteiger partial charge is 0.425 e. The molecule has 5 rings (SSSR count). The summed E-state index contributed by atoms with van der Waals surface area (Å²) in [6.45, 7) is 1.35. The number of hydrogen-bond donors (Lipinski definition) is 0. The lowest BCUT2D eigenvalue weighted by atomic mass is 10.0. The molecule has 0 saturated heterocycles. The third-order valence-corrected chi connectivity index (χ3v) is 4.89. The fraction of sp³-hybridized carbons (Fsp3) is 0.0435. The van der Waals surface area contributed by atoms with Crippen LogP contribution >= 0.6 is 0 Å². The van der Waals surface area contributed by atoms with E-state index in [0.717, 1.165) is 32.8 Å². The van der Waals surface area contributed by atoms with Crippen molar-refractivity contribution in [3.63, 3.8) is 0 Å². The maximum Gasteiger partial charge on any atom is 0.308 e. The number of carbonyl (C=O) groups excluding carboxylic acids is 1. The fourth-order valence-electron chi connectivity index (χ4n) is 3.87. The molecule has 0 spiro atoms. The van der Waals surface area contributed by atoms with Crippen molar-refractivity contribution in [3.8, 4) is 16.9 Å². The highest BCUT2D eigenvalue weighted by atomic mass is 16.5. The van der Waals surface area contributed by atoms with Gasteiger partial charge in [0.1, 0.15) is 0 Å². The van der Waals surface area contributed by atoms with Crippen molar-refractivity contribution in [2.45, 2.75) is 6.92 Å². The molecule has 130 valence electrons. The molecule has 0 aliphatic rings. The van der Waals surface area contributed by atoms with Crippen molar-refractivity contribution in [3.05, 3.63) is 83.2 Å². The quantitative estimate of drug-likeness (QED) is 0.435. The van der Waals surface area contributed by atoms with Gasteiger partial charge in [-0.2, -0.15) is 0 Å². The first-order chi connectivity index (χ1) is 13.2. The van der Waals surface area contributed by atoms with Crippen LogP contribution in [0.25, 0.3) is 38.3 Å². The van der Waals surface area contributed by atoms with Gasteiger partial charge in [0, 0.05) is 23.1 Å². The molecule has 0 N–H and O–H groups in total. The van der Waals surface area contributed by atoms with Crippen LogP contribution < -0.4 is 10.3 Å². The summed E-state index contributed by atoms with van der Waals surface area (Å²) in [7, 11) is 0. The molecular formula is C23H15NO3. The number of esters is 1. The van der Waals surface area contributed by atoms with E-state index in [1.165, 1.54) is 6.92 Å². The maximum absolute atomic E-state index is 13.6. The zero-order valence-corrected chi connectivity index (χ0v) is 14.6. The Kier molecular flexibility index (Phi) is 3.28. The van der Waals surface area contributed by atoms with Crippen LogP contribution in [0.15, 0.2) is 77.6 Å². The van der Waals surface area contributed by atoms with Gasteiger partial charge in [-0.1, -0.05) is 60.7 Å². The van der Waals surface area contributed by atoms with E-state index in [4.69, 9.17) is 4.74 Å². The Morgan fingerprint density at radius 1 is 0.815 bits per heavy atom. The second kappa shape index (κ2) is 5.68. The summed E-state index contributed by atoms with van der Waals surface area (Å²) in [5.41, 5.74) is 2.55. The third kappa shape index (κ3) is 2.16. The fourth-order valence-corrected chi connectivity index (χ4v) is 3.87. The zero-order chi connectivity index (χ0) is 18.5. The van der Waals surface area contributed by atoms with Gasteiger partial charge in [-0.25, -0.2) is 0 Å². The molecule has 0 fully saturated rings. The van der Waals surface area contributed by atoms with Crippen LogP contribution in [-0.4, -0.2) is 10.4 Å². The van der Waals surface area contributed by atoms with Crippen LogP contribution in [0.5, 0.6) is 5.75 Å². The predicted molar refractivity (Wildman–Crippen MR) is 107 cm³/mol. The zero-order valence-electron chi connectivity index (χ0n) is 14.6. The SMILES string of the molecule is CC(=O)Oc1c(-c2ccccc2)c(=O)n2c3ccccc3c3cccc1c32. The highest BCUT2D eigenvalue weighted by molar-refractivity contribution is 6.16. The second-order valence-corrected chi connectivity index (χ2v) is 6.52. The number of benzene rings is 3. The monoisotopic (exact) mass is 353 g/mol. The number of carbonyl (C=O) groups is 1. The lowest BCUT2D eigenvalue weighted by Crippen LogP contribution is -2.18. The van der Waals surface area contributed by atoms with E-state index in [1.807, 2.05) is 72.8 Å². The number of para-hydroxylation sites is 2. The lowest BCUT2D eigenvalue weighted by Gasteiger charge is -2.13. The van der Waals surface area contributed by atoms with Crippen molar-refractivity contribution < 1.29 is 9.53 Å². The van der Waals surface area contributed by atoms with E-state index < -0.39 is 5.97 Å². The first-order valence-corrected chi connectivity index (χ1v) is 8.72. The number of pyridine rings is 1. The van der Waals surface area contributed by atoms with Gasteiger partial charge in [0.2, 0.25) is 0 Å². The van der Waals surface area contributed by atoms with Crippen LogP contribution in [0.2, 0.25) is 0 Å². The Morgan fingerprint density at radius 2 is 1.48 bits per heavy atom. The topological polar surface area (TPSA) is 47.8 Å². The molecule has 0 bridgehead atoms. The minimum atomic E-state index is -0.451. The number of hydrogen-bond acceptors (Lipinski definition) is 3. The number of fused-ring (bicyclic) bond motifs is 3. The van der Waals surface area contributed by atoms with E-state index >= 15 is 0 Å². The van der Waals surface area contributed by atoms with E-state index in [9.17, 15) is 9.59 Å². The Bertz CT molecular complexity index is 1380. The highest BCUT2D eigenvalue weighted by Gasteiger charge is 2.23. The average Bonchev–Trinajstić information content (AvgIpc) is 3.02. The smallest absolute Gasteiger partial charge is 0.308 e. The van der Waals surface area contributed by atoms with E-state index in [-0.39, 0.29) is 5.56 Å². The summed E-state index contributed by atoms with van der Waals surface area (Å²) in [4.78, 5) is 25.4. The van der Waals surface area contributed by atoms with Gasteiger partial charge in [0.15, 0.2) is 5.75 Å². The molecule has 2 aromatic heterocycles. The summed E-state index contributed by atoms with van der Waals surface area (Å²) in [6.07, 6.45) is 0. The van der Waals surface area contributed by atoms with Gasteiger partial charge in [-0.3, -0.25) is 14.0 Å². The average molecular weight is 353 g/mol. The lowest BCUT2D eigenvalue weighted by molar-refractivity contribution is -0.131. The third-order valence-electron chi connectivity index (χ3n) is 4.89. The van der Waals surface area contributed by atoms with Crippen LogP contribution in [0.1, 0.15) is 6.92 Å². The summed E-state index contributed by atoms with van der Waals surface area (Å²) in [5.74, 6) is -0.132. The summed E-state index contributed by atoms with van der Waals surface area (Å²) in [5, 5.41) is 2.71. The van der Waals surface area contributed by atoms with Crippen molar-refractivity contribution in [2.24, 2.45) is 0 Å². The molecule has 2 heterocycles. The normalized spacial score (nSPS) is 11.4. The van der Waals surface area contributed by atoms with Gasteiger partial charge < -0.3 is 4.74 Å². The Labute approximate surface area is 154 Å². The molecule has 4 heteroatoms. The summed E-state index contributed by atoms with van der Waals surface area (Å²) < 4.78 is 7.31. The number of aromatic nitrogens is 1. The molecule has 4 nitrogen and oxygen atoms in total. The molecule has 0 aliphatic heterocycles. The maximum atomic E-state index is 13.6. The van der Waals surface area contributed by atoms with E-state index in [1.54, 1.807) is 4.40 Å². The minimum Gasteiger partial charge on any atom is -0.425 e. The minimum absolute atomic E-state index is 0.192. The molecule has 5 aromatic rings. The van der Waals surface area contributed by atoms with Gasteiger partial charge in [0.05, 0.1) is 16.6 Å². The molecular weight excluding hydrogens is 338 g/mol. The van der Waals surface area contributed by atoms with E-state index in [0.29, 0.717) is 11.3 Å². The van der Waals surface area contributed by atoms with Crippen molar-refractivity contribution in [1.82, 2.24) is 4.40 Å². The van der Waals surface area contributed by atoms with Gasteiger partial charge in [-0.15, -0.1) is 0 Å². The Balaban J connectivity index is 2.09. The number of rotatable bonds is 2. The first kappa shape index (κ1) is 15.6. The van der Waals surface area contributed by atoms with Crippen LogP contribution in [0.4, 0.5) is 0 Å². The van der Waals surface area contributed by atoms with E-state index in [2.05, 4.69) is 0 Å². The van der Waals surface area contributed by atoms with Crippen molar-refractivity contribution >= 4 is 33.2 Å². The Morgan fingerprint density at radius 3 is 2.26 bits per heavy atom. The number of nitrogens with zero attached hydrogens (tertiary/aromatic N) is 1. The predicted octanol–water partition coefficient (Wildman–Crippen LogP) is 4.64. The van der Waals surface area contributed by atoms with Crippen molar-refractivity contribution in [2.75, 3.05) is 0 Å². The van der Waals surface area contributed by atoms with Crippen LogP contribution in [0.3, 0.4) is 0 Å². The standard InChI is InChI=1S/C23H15NO3/c1-14(25)27-22-18-12-7-11-17-16-10-5-6-13-19(16)24(21(17)18)23(26)20(22)15-8-3-2-4-9-15/h2-13H,1H3. The molecule has 0 aliphatic carbocycles. The van der Waals surface area contributed by atoms with Gasteiger partial charge >= 0.3 is 5.97 Å². The van der Waals surface area contributed by atoms with Crippen LogP contribution in [0, 0.1) is 0 Å². The van der Waals surface area contributed by atoms with Crippen molar-refractivity contribution in [1.29, 1.82) is 0 Å². The van der Waals surface area contributed by atoms with Gasteiger partial charge in [-0.05, 0) is 17.7 Å².